The first-order valence-electron chi connectivity index (χ1n) is 10.7. The molecule has 3 aromatic carbocycles. The summed E-state index contributed by atoms with van der Waals surface area (Å²) < 4.78 is 10.2. The van der Waals surface area contributed by atoms with Crippen molar-refractivity contribution >= 4 is 23.2 Å². The highest BCUT2D eigenvalue weighted by atomic mass is 35.5. The molecule has 5 nitrogen and oxygen atoms in total. The van der Waals surface area contributed by atoms with Gasteiger partial charge in [-0.1, -0.05) is 29.8 Å². The average molecular weight is 445 g/mol. The van der Waals surface area contributed by atoms with Gasteiger partial charge < -0.3 is 10.1 Å². The number of imidazole rings is 1. The van der Waals surface area contributed by atoms with E-state index in [1.807, 2.05) is 78.9 Å². The third-order valence-electron chi connectivity index (χ3n) is 5.57. The maximum Gasteiger partial charge on any atom is 0.266 e. The third kappa shape index (κ3) is 4.39. The van der Waals surface area contributed by atoms with E-state index < -0.39 is 0 Å². The van der Waals surface area contributed by atoms with Crippen molar-refractivity contribution in [3.8, 4) is 22.8 Å². The second-order valence-corrected chi connectivity index (χ2v) is 8.24. The van der Waals surface area contributed by atoms with Crippen molar-refractivity contribution in [3.63, 3.8) is 0 Å². The lowest BCUT2D eigenvalue weighted by Crippen LogP contribution is -2.42. The van der Waals surface area contributed by atoms with Crippen LogP contribution in [0.15, 0.2) is 85.1 Å². The Hall–Kier alpha value is -3.57. The van der Waals surface area contributed by atoms with Crippen molar-refractivity contribution in [2.45, 2.75) is 25.9 Å². The first kappa shape index (κ1) is 20.3. The minimum absolute atomic E-state index is 0.0605. The number of nitrogens with zero attached hydrogens (tertiary/aromatic N) is 2. The number of fused-ring (bicyclic) bond motifs is 1. The van der Waals surface area contributed by atoms with Gasteiger partial charge in [-0.25, -0.2) is 9.13 Å². The third-order valence-corrected chi connectivity index (χ3v) is 5.82. The van der Waals surface area contributed by atoms with Gasteiger partial charge in [0.2, 0.25) is 0 Å². The van der Waals surface area contributed by atoms with Crippen molar-refractivity contribution in [1.29, 1.82) is 0 Å². The lowest BCUT2D eigenvalue weighted by molar-refractivity contribution is -0.690. The molecule has 0 aliphatic carbocycles. The van der Waals surface area contributed by atoms with Crippen LogP contribution in [-0.2, 0) is 24.3 Å². The second-order valence-electron chi connectivity index (χ2n) is 7.81. The Labute approximate surface area is 191 Å². The summed E-state index contributed by atoms with van der Waals surface area (Å²) in [7, 11) is 0. The molecule has 5 rings (SSSR count). The molecule has 0 radical (unpaired) electrons. The zero-order valence-corrected chi connectivity index (χ0v) is 18.3. The summed E-state index contributed by atoms with van der Waals surface area (Å²) in [6.07, 6.45) is 4.11. The Morgan fingerprint density at radius 3 is 2.44 bits per heavy atom. The molecular weight excluding hydrogens is 422 g/mol. The molecule has 160 valence electrons. The number of ether oxygens (including phenoxy) is 1. The molecule has 4 aromatic rings. The van der Waals surface area contributed by atoms with E-state index in [1.54, 1.807) is 0 Å². The van der Waals surface area contributed by atoms with Gasteiger partial charge in [0.1, 0.15) is 17.7 Å². The van der Waals surface area contributed by atoms with Crippen molar-refractivity contribution in [1.82, 2.24) is 4.57 Å². The molecule has 32 heavy (non-hydrogen) atoms. The molecule has 0 saturated carbocycles. The fourth-order valence-electron chi connectivity index (χ4n) is 4.08. The van der Waals surface area contributed by atoms with Crippen LogP contribution >= 0.6 is 11.6 Å². The number of benzene rings is 3. The van der Waals surface area contributed by atoms with Crippen molar-refractivity contribution in [3.05, 3.63) is 95.9 Å². The van der Waals surface area contributed by atoms with E-state index in [0.717, 1.165) is 52.9 Å². The van der Waals surface area contributed by atoms with Crippen molar-refractivity contribution < 1.29 is 14.1 Å². The Kier molecular flexibility index (Phi) is 5.65. The molecule has 1 aromatic heterocycles. The number of carbonyl (C=O) groups is 1. The van der Waals surface area contributed by atoms with E-state index in [9.17, 15) is 4.79 Å². The summed E-state index contributed by atoms with van der Waals surface area (Å²) in [5, 5.41) is 3.70. The van der Waals surface area contributed by atoms with Crippen LogP contribution < -0.4 is 14.6 Å². The number of hydrogen-bond acceptors (Lipinski definition) is 2. The molecule has 1 amide bonds. The van der Waals surface area contributed by atoms with Crippen LogP contribution in [0.4, 0.5) is 5.69 Å². The monoisotopic (exact) mass is 444 g/mol. The molecule has 0 saturated heterocycles. The standard InChI is InChI=1S/C26H22ClN3O2/c27-20-10-8-19(9-11-20)24-17-29(26-7-4-16-30(24)26)18-25(31)28-21-12-14-23(15-13-21)32-22-5-2-1-3-6-22/h1-3,5-6,8-15,17H,4,7,16,18H2/p+1. The zero-order chi connectivity index (χ0) is 21.9. The minimum Gasteiger partial charge on any atom is -0.457 e. The summed E-state index contributed by atoms with van der Waals surface area (Å²) in [5.41, 5.74) is 2.96. The fraction of sp³-hybridized carbons (Fsp3) is 0.154. The number of nitrogens with one attached hydrogen (secondary N) is 1. The molecule has 1 N–H and O–H groups in total. The predicted molar refractivity (Wildman–Crippen MR) is 125 cm³/mol. The molecule has 0 unspecified atom stereocenters. The van der Waals surface area contributed by atoms with Crippen molar-refractivity contribution in [2.24, 2.45) is 0 Å². The highest BCUT2D eigenvalue weighted by molar-refractivity contribution is 6.30. The summed E-state index contributed by atoms with van der Waals surface area (Å²) >= 11 is 6.04. The van der Waals surface area contributed by atoms with E-state index in [4.69, 9.17) is 16.3 Å². The molecule has 2 heterocycles. The van der Waals surface area contributed by atoms with Gasteiger partial charge in [-0.05, 0) is 67.1 Å². The van der Waals surface area contributed by atoms with Crippen LogP contribution in [0.2, 0.25) is 5.02 Å². The largest absolute Gasteiger partial charge is 0.457 e. The smallest absolute Gasteiger partial charge is 0.266 e. The number of para-hydroxylation sites is 1. The summed E-state index contributed by atoms with van der Waals surface area (Å²) in [6.45, 7) is 1.23. The number of aromatic nitrogens is 2. The number of halogens is 1. The lowest BCUT2D eigenvalue weighted by atomic mass is 10.2. The van der Waals surface area contributed by atoms with Gasteiger partial charge in [0, 0.05) is 16.3 Å². The Balaban J connectivity index is 1.27. The highest BCUT2D eigenvalue weighted by Gasteiger charge is 2.29. The fourth-order valence-corrected chi connectivity index (χ4v) is 4.21. The molecule has 1 aliphatic heterocycles. The van der Waals surface area contributed by atoms with Gasteiger partial charge in [0.15, 0.2) is 12.2 Å². The minimum atomic E-state index is -0.0605. The first-order chi connectivity index (χ1) is 15.7. The lowest BCUT2D eigenvalue weighted by Gasteiger charge is -2.08. The van der Waals surface area contributed by atoms with Crippen LogP contribution in [0.25, 0.3) is 11.3 Å². The van der Waals surface area contributed by atoms with Crippen LogP contribution in [0.1, 0.15) is 12.2 Å². The van der Waals surface area contributed by atoms with Gasteiger partial charge in [-0.3, -0.25) is 4.79 Å². The Morgan fingerprint density at radius 1 is 0.969 bits per heavy atom. The highest BCUT2D eigenvalue weighted by Crippen LogP contribution is 2.26. The van der Waals surface area contributed by atoms with Gasteiger partial charge in [0.25, 0.3) is 11.7 Å². The van der Waals surface area contributed by atoms with Crippen LogP contribution in [0.3, 0.4) is 0 Å². The predicted octanol–water partition coefficient (Wildman–Crippen LogP) is 5.47. The number of carbonyl (C=O) groups excluding carboxylic acids is 1. The van der Waals surface area contributed by atoms with Crippen LogP contribution in [0.5, 0.6) is 11.5 Å². The first-order valence-corrected chi connectivity index (χ1v) is 11.0. The second kappa shape index (κ2) is 8.89. The summed E-state index contributed by atoms with van der Waals surface area (Å²) in [6, 6.07) is 24.9. The van der Waals surface area contributed by atoms with Gasteiger partial charge in [-0.2, -0.15) is 0 Å². The molecule has 1 aliphatic rings. The van der Waals surface area contributed by atoms with E-state index in [2.05, 4.69) is 20.6 Å². The Morgan fingerprint density at radius 2 is 1.69 bits per heavy atom. The van der Waals surface area contributed by atoms with Crippen LogP contribution in [-0.4, -0.2) is 10.5 Å². The normalized spacial score (nSPS) is 12.4. The zero-order valence-electron chi connectivity index (χ0n) is 17.5. The Bertz CT molecular complexity index is 1230. The van der Waals surface area contributed by atoms with E-state index in [1.165, 1.54) is 5.82 Å². The summed E-state index contributed by atoms with van der Waals surface area (Å²) in [5.74, 6) is 2.62. The number of amides is 1. The van der Waals surface area contributed by atoms with E-state index >= 15 is 0 Å². The van der Waals surface area contributed by atoms with E-state index in [-0.39, 0.29) is 12.5 Å². The average Bonchev–Trinajstić information content (AvgIpc) is 3.41. The maximum absolute atomic E-state index is 12.8. The molecular formula is C26H23ClN3O2+. The van der Waals surface area contributed by atoms with Crippen LogP contribution in [0, 0.1) is 0 Å². The molecule has 6 heteroatoms. The quantitative estimate of drug-likeness (QED) is 0.401. The number of hydrogen-bond donors (Lipinski definition) is 1. The van der Waals surface area contributed by atoms with Crippen molar-refractivity contribution in [2.75, 3.05) is 5.32 Å². The number of anilines is 1. The van der Waals surface area contributed by atoms with Gasteiger partial charge in [-0.15, -0.1) is 0 Å². The SMILES string of the molecule is O=C(C[n+]1cc(-c2ccc(Cl)cc2)n2c1CCC2)Nc1ccc(Oc2ccccc2)cc1. The van der Waals surface area contributed by atoms with Gasteiger partial charge in [0.05, 0.1) is 13.0 Å². The number of rotatable bonds is 6. The molecule has 0 spiro atoms. The molecule has 0 bridgehead atoms. The summed E-state index contributed by atoms with van der Waals surface area (Å²) in [4.78, 5) is 12.8. The topological polar surface area (TPSA) is 47.1 Å². The van der Waals surface area contributed by atoms with Gasteiger partial charge >= 0.3 is 0 Å². The maximum atomic E-state index is 12.8. The molecule has 0 fully saturated rings. The molecule has 0 atom stereocenters. The van der Waals surface area contributed by atoms with E-state index in [0.29, 0.717) is 0 Å².